The van der Waals surface area contributed by atoms with Gasteiger partial charge in [0.25, 0.3) is 16.8 Å². The molecular formula is C17H10N2O5S. The van der Waals surface area contributed by atoms with Crippen LogP contribution < -0.4 is 0 Å². The summed E-state index contributed by atoms with van der Waals surface area (Å²) in [5.74, 6) is 2.36. The molecule has 1 fully saturated rings. The molecule has 2 aromatic rings. The summed E-state index contributed by atoms with van der Waals surface area (Å²) in [6.07, 6.45) is 6.56. The van der Waals surface area contributed by atoms with E-state index in [2.05, 4.69) is 5.92 Å². The standard InChI is InChI=1S/C17H10N2O5S/c1-2-9-18-16(20)15(25-17(18)21)10-11-7-8-14(24-11)12-5-3-4-6-13(12)19(22)23/h1,3-8,10H,9H2/b15-10-. The summed E-state index contributed by atoms with van der Waals surface area (Å²) < 4.78 is 5.58. The second kappa shape index (κ2) is 6.67. The molecule has 2 amide bonds. The van der Waals surface area contributed by atoms with Gasteiger partial charge in [-0.25, -0.2) is 0 Å². The number of benzene rings is 1. The fourth-order valence-electron chi connectivity index (χ4n) is 2.27. The van der Waals surface area contributed by atoms with Crippen LogP contribution >= 0.6 is 11.8 Å². The van der Waals surface area contributed by atoms with E-state index in [0.717, 1.165) is 16.7 Å². The summed E-state index contributed by atoms with van der Waals surface area (Å²) in [4.78, 5) is 35.6. The maximum absolute atomic E-state index is 12.1. The lowest BCUT2D eigenvalue weighted by atomic mass is 10.1. The minimum Gasteiger partial charge on any atom is -0.456 e. The van der Waals surface area contributed by atoms with Crippen LogP contribution in [0.15, 0.2) is 45.7 Å². The Labute approximate surface area is 146 Å². The van der Waals surface area contributed by atoms with E-state index < -0.39 is 16.1 Å². The van der Waals surface area contributed by atoms with Gasteiger partial charge in [-0.2, -0.15) is 0 Å². The topological polar surface area (TPSA) is 93.7 Å². The number of carbonyl (C=O) groups is 2. The van der Waals surface area contributed by atoms with Gasteiger partial charge in [-0.3, -0.25) is 24.6 Å². The highest BCUT2D eigenvalue weighted by Gasteiger charge is 2.34. The van der Waals surface area contributed by atoms with Crippen molar-refractivity contribution in [2.45, 2.75) is 0 Å². The quantitative estimate of drug-likeness (QED) is 0.361. The Balaban J connectivity index is 1.91. The number of amides is 2. The van der Waals surface area contributed by atoms with Gasteiger partial charge in [-0.1, -0.05) is 18.1 Å². The van der Waals surface area contributed by atoms with Gasteiger partial charge in [0.2, 0.25) is 0 Å². The van der Waals surface area contributed by atoms with Gasteiger partial charge in [-0.05, 0) is 30.0 Å². The Morgan fingerprint density at radius 1 is 1.28 bits per heavy atom. The van der Waals surface area contributed by atoms with Crippen LogP contribution in [0.1, 0.15) is 5.76 Å². The summed E-state index contributed by atoms with van der Waals surface area (Å²) >= 11 is 0.764. The fraction of sp³-hybridized carbons (Fsp3) is 0.0588. The van der Waals surface area contributed by atoms with Gasteiger partial charge < -0.3 is 4.42 Å². The number of terminal acetylenes is 1. The van der Waals surface area contributed by atoms with Crippen LogP contribution in [-0.4, -0.2) is 27.5 Å². The second-order valence-electron chi connectivity index (χ2n) is 4.95. The van der Waals surface area contributed by atoms with Crippen LogP contribution in [0, 0.1) is 22.5 Å². The number of carbonyl (C=O) groups excluding carboxylic acids is 2. The zero-order valence-corrected chi connectivity index (χ0v) is 13.5. The second-order valence-corrected chi connectivity index (χ2v) is 5.94. The number of thioether (sulfide) groups is 1. The number of hydrogen-bond acceptors (Lipinski definition) is 6. The van der Waals surface area contributed by atoms with Crippen molar-refractivity contribution in [1.82, 2.24) is 4.90 Å². The van der Waals surface area contributed by atoms with E-state index in [1.807, 2.05) is 0 Å². The summed E-state index contributed by atoms with van der Waals surface area (Å²) in [6, 6.07) is 9.31. The maximum atomic E-state index is 12.1. The van der Waals surface area contributed by atoms with Crippen molar-refractivity contribution < 1.29 is 18.9 Å². The molecule has 124 valence electrons. The lowest BCUT2D eigenvalue weighted by Crippen LogP contribution is -2.28. The average molecular weight is 354 g/mol. The third-order valence-electron chi connectivity index (χ3n) is 3.39. The van der Waals surface area contributed by atoms with Crippen molar-refractivity contribution in [2.75, 3.05) is 6.54 Å². The Hall–Kier alpha value is -3.31. The fourth-order valence-corrected chi connectivity index (χ4v) is 3.09. The Bertz CT molecular complexity index is 954. The van der Waals surface area contributed by atoms with Crippen LogP contribution in [0.25, 0.3) is 17.4 Å². The zero-order valence-electron chi connectivity index (χ0n) is 12.7. The molecule has 0 bridgehead atoms. The summed E-state index contributed by atoms with van der Waals surface area (Å²) in [5.41, 5.74) is 0.241. The van der Waals surface area contributed by atoms with Crippen LogP contribution in [0.2, 0.25) is 0 Å². The van der Waals surface area contributed by atoms with Gasteiger partial charge in [0, 0.05) is 12.1 Å². The molecule has 8 heteroatoms. The summed E-state index contributed by atoms with van der Waals surface area (Å²) in [7, 11) is 0. The van der Waals surface area contributed by atoms with Crippen LogP contribution in [0.3, 0.4) is 0 Å². The van der Waals surface area contributed by atoms with Crippen LogP contribution in [0.4, 0.5) is 10.5 Å². The van der Waals surface area contributed by atoms with Crippen molar-refractivity contribution in [3.63, 3.8) is 0 Å². The molecule has 0 aliphatic carbocycles. The largest absolute Gasteiger partial charge is 0.456 e. The third kappa shape index (κ3) is 3.18. The molecule has 1 aliphatic heterocycles. The zero-order chi connectivity index (χ0) is 18.0. The van der Waals surface area contributed by atoms with Crippen molar-refractivity contribution >= 4 is 34.7 Å². The Kier molecular flexibility index (Phi) is 4.41. The molecule has 0 radical (unpaired) electrons. The molecule has 7 nitrogen and oxygen atoms in total. The number of nitro groups is 1. The van der Waals surface area contributed by atoms with Gasteiger partial charge in [0.15, 0.2) is 0 Å². The molecule has 3 rings (SSSR count). The van der Waals surface area contributed by atoms with Gasteiger partial charge in [0.1, 0.15) is 11.5 Å². The van der Waals surface area contributed by atoms with E-state index in [4.69, 9.17) is 10.8 Å². The SMILES string of the molecule is C#CCN1C(=O)S/C(=C\c2ccc(-c3ccccc3[N+](=O)[O-])o2)C1=O. The smallest absolute Gasteiger partial charge is 0.294 e. The molecule has 0 unspecified atom stereocenters. The first-order valence-corrected chi connectivity index (χ1v) is 7.85. The summed E-state index contributed by atoms with van der Waals surface area (Å²) in [5, 5.41) is 10.7. The van der Waals surface area contributed by atoms with E-state index in [0.29, 0.717) is 17.1 Å². The Morgan fingerprint density at radius 2 is 2.04 bits per heavy atom. The molecule has 0 N–H and O–H groups in total. The number of furan rings is 1. The molecule has 0 atom stereocenters. The predicted octanol–water partition coefficient (Wildman–Crippen LogP) is 3.52. The first-order chi connectivity index (χ1) is 12.0. The van der Waals surface area contributed by atoms with E-state index >= 15 is 0 Å². The van der Waals surface area contributed by atoms with Crippen molar-refractivity contribution in [3.05, 3.63) is 57.2 Å². The number of nitrogens with zero attached hydrogens (tertiary/aromatic N) is 2. The molecule has 25 heavy (non-hydrogen) atoms. The van der Waals surface area contributed by atoms with Gasteiger partial charge in [0.05, 0.1) is 21.9 Å². The first-order valence-electron chi connectivity index (χ1n) is 7.03. The van der Waals surface area contributed by atoms with Crippen molar-refractivity contribution in [1.29, 1.82) is 0 Å². The molecule has 1 saturated heterocycles. The minimum atomic E-state index is -0.497. The number of imide groups is 1. The normalized spacial score (nSPS) is 15.6. The molecule has 1 aliphatic rings. The molecule has 1 aromatic carbocycles. The third-order valence-corrected chi connectivity index (χ3v) is 4.30. The minimum absolute atomic E-state index is 0.0854. The van der Waals surface area contributed by atoms with E-state index in [-0.39, 0.29) is 17.1 Å². The van der Waals surface area contributed by atoms with Crippen LogP contribution in [-0.2, 0) is 4.79 Å². The highest BCUT2D eigenvalue weighted by atomic mass is 32.2. The number of rotatable bonds is 4. The monoisotopic (exact) mass is 354 g/mol. The van der Waals surface area contributed by atoms with Crippen molar-refractivity contribution in [3.8, 4) is 23.7 Å². The van der Waals surface area contributed by atoms with Gasteiger partial charge in [-0.15, -0.1) is 6.42 Å². The number of para-hydroxylation sites is 1. The van der Waals surface area contributed by atoms with E-state index in [9.17, 15) is 19.7 Å². The predicted molar refractivity (Wildman–Crippen MR) is 92.3 cm³/mol. The Morgan fingerprint density at radius 3 is 2.76 bits per heavy atom. The molecule has 2 heterocycles. The highest BCUT2D eigenvalue weighted by Crippen LogP contribution is 2.34. The highest BCUT2D eigenvalue weighted by molar-refractivity contribution is 8.18. The molecule has 0 spiro atoms. The lowest BCUT2D eigenvalue weighted by molar-refractivity contribution is -0.384. The van der Waals surface area contributed by atoms with Crippen molar-refractivity contribution in [2.24, 2.45) is 0 Å². The molecule has 0 saturated carbocycles. The first kappa shape index (κ1) is 16.5. The van der Waals surface area contributed by atoms with E-state index in [1.165, 1.54) is 12.1 Å². The van der Waals surface area contributed by atoms with Gasteiger partial charge >= 0.3 is 0 Å². The molecule has 1 aromatic heterocycles. The summed E-state index contributed by atoms with van der Waals surface area (Å²) in [6.45, 7) is -0.0956. The number of nitro benzene ring substituents is 1. The average Bonchev–Trinajstić information content (AvgIpc) is 3.16. The van der Waals surface area contributed by atoms with E-state index in [1.54, 1.807) is 30.3 Å². The molecular weight excluding hydrogens is 344 g/mol. The van der Waals surface area contributed by atoms with Crippen LogP contribution in [0.5, 0.6) is 0 Å². The number of hydrogen-bond donors (Lipinski definition) is 0. The lowest BCUT2D eigenvalue weighted by Gasteiger charge is -2.06. The maximum Gasteiger partial charge on any atom is 0.294 e.